The van der Waals surface area contributed by atoms with Gasteiger partial charge in [-0.3, -0.25) is 14.9 Å². The van der Waals surface area contributed by atoms with Gasteiger partial charge in [-0.25, -0.2) is 0 Å². The summed E-state index contributed by atoms with van der Waals surface area (Å²) in [6.45, 7) is 0. The molecule has 1 heterocycles. The molecular formula is C15H11N3O4S. The van der Waals surface area contributed by atoms with Gasteiger partial charge in [0.1, 0.15) is 17.4 Å². The van der Waals surface area contributed by atoms with Crippen molar-refractivity contribution in [2.45, 2.75) is 0 Å². The number of nitrogens with one attached hydrogen (secondary N) is 1. The van der Waals surface area contributed by atoms with Crippen LogP contribution in [0.4, 0.5) is 11.4 Å². The third kappa shape index (κ3) is 3.93. The highest BCUT2D eigenvalue weighted by atomic mass is 32.1. The lowest BCUT2D eigenvalue weighted by molar-refractivity contribution is -0.384. The molecule has 1 aromatic carbocycles. The summed E-state index contributed by atoms with van der Waals surface area (Å²) < 4.78 is 5.06. The molecule has 8 heteroatoms. The van der Waals surface area contributed by atoms with E-state index in [1.54, 1.807) is 12.1 Å². The predicted molar refractivity (Wildman–Crippen MR) is 86.2 cm³/mol. The van der Waals surface area contributed by atoms with Crippen LogP contribution in [0, 0.1) is 21.4 Å². The number of thiophene rings is 1. The maximum absolute atomic E-state index is 12.2. The number of carbonyl (C=O) groups excluding carboxylic acids is 1. The summed E-state index contributed by atoms with van der Waals surface area (Å²) in [5.74, 6) is -0.405. The lowest BCUT2D eigenvalue weighted by atomic mass is 10.2. The first-order valence-corrected chi connectivity index (χ1v) is 7.22. The molecule has 0 aliphatic rings. The average Bonchev–Trinajstić information content (AvgIpc) is 3.05. The van der Waals surface area contributed by atoms with Gasteiger partial charge in [0.05, 0.1) is 17.7 Å². The van der Waals surface area contributed by atoms with E-state index < -0.39 is 10.8 Å². The Labute approximate surface area is 135 Å². The van der Waals surface area contributed by atoms with Gasteiger partial charge in [0.15, 0.2) is 0 Å². The molecule has 2 rings (SSSR count). The maximum Gasteiger partial charge on any atom is 0.271 e. The Morgan fingerprint density at radius 2 is 2.26 bits per heavy atom. The molecule has 0 spiro atoms. The standard InChI is InChI=1S/C15H11N3O4S/c1-22-14-5-4-11(18(20)21)8-13(14)17-15(19)10(9-16)7-12-3-2-6-23-12/h2-8H,1H3,(H,17,19)/b10-7+. The molecule has 1 amide bonds. The second-order valence-electron chi connectivity index (χ2n) is 4.28. The van der Waals surface area contributed by atoms with Gasteiger partial charge in [-0.05, 0) is 23.6 Å². The fraction of sp³-hybridized carbons (Fsp3) is 0.0667. The quantitative estimate of drug-likeness (QED) is 0.392. The number of ether oxygens (including phenoxy) is 1. The highest BCUT2D eigenvalue weighted by molar-refractivity contribution is 7.10. The summed E-state index contributed by atoms with van der Waals surface area (Å²) in [6, 6.07) is 9.20. The number of hydrogen-bond acceptors (Lipinski definition) is 6. The van der Waals surface area contributed by atoms with E-state index in [1.807, 2.05) is 11.4 Å². The van der Waals surface area contributed by atoms with E-state index in [0.717, 1.165) is 4.88 Å². The molecule has 0 atom stereocenters. The molecule has 0 aliphatic heterocycles. The Bertz CT molecular complexity index is 807. The van der Waals surface area contributed by atoms with Crippen molar-refractivity contribution in [3.63, 3.8) is 0 Å². The summed E-state index contributed by atoms with van der Waals surface area (Å²) in [6.07, 6.45) is 1.45. The number of carbonyl (C=O) groups is 1. The van der Waals surface area contributed by atoms with Gasteiger partial charge < -0.3 is 10.1 Å². The lowest BCUT2D eigenvalue weighted by Crippen LogP contribution is -2.14. The topological polar surface area (TPSA) is 105 Å². The molecule has 0 saturated carbocycles. The van der Waals surface area contributed by atoms with Crippen molar-refractivity contribution in [3.8, 4) is 11.8 Å². The maximum atomic E-state index is 12.2. The minimum Gasteiger partial charge on any atom is -0.495 e. The van der Waals surface area contributed by atoms with E-state index in [2.05, 4.69) is 5.32 Å². The first-order chi connectivity index (χ1) is 11.0. The summed E-state index contributed by atoms with van der Waals surface area (Å²) >= 11 is 1.38. The average molecular weight is 329 g/mol. The molecule has 23 heavy (non-hydrogen) atoms. The highest BCUT2D eigenvalue weighted by Crippen LogP contribution is 2.29. The fourth-order valence-corrected chi connectivity index (χ4v) is 2.42. The number of benzene rings is 1. The number of methoxy groups -OCH3 is 1. The van der Waals surface area contributed by atoms with Crippen LogP contribution in [0.2, 0.25) is 0 Å². The van der Waals surface area contributed by atoms with Gasteiger partial charge in [-0.15, -0.1) is 11.3 Å². The smallest absolute Gasteiger partial charge is 0.271 e. The monoisotopic (exact) mass is 329 g/mol. The minimum absolute atomic E-state index is 0.110. The van der Waals surface area contributed by atoms with Crippen LogP contribution in [-0.4, -0.2) is 17.9 Å². The Balaban J connectivity index is 2.30. The molecule has 0 saturated heterocycles. The number of nitro benzene ring substituents is 1. The van der Waals surface area contributed by atoms with Gasteiger partial charge in [-0.1, -0.05) is 6.07 Å². The zero-order chi connectivity index (χ0) is 16.8. The van der Waals surface area contributed by atoms with Crippen molar-refractivity contribution in [2.24, 2.45) is 0 Å². The van der Waals surface area contributed by atoms with Crippen molar-refractivity contribution in [1.29, 1.82) is 5.26 Å². The number of nitro groups is 1. The predicted octanol–water partition coefficient (Wildman–Crippen LogP) is 3.21. The van der Waals surface area contributed by atoms with Crippen LogP contribution in [0.5, 0.6) is 5.75 Å². The van der Waals surface area contributed by atoms with Gasteiger partial charge in [0.2, 0.25) is 0 Å². The highest BCUT2D eigenvalue weighted by Gasteiger charge is 2.16. The SMILES string of the molecule is COc1ccc([N+](=O)[O-])cc1NC(=O)/C(C#N)=C/c1cccs1. The number of hydrogen-bond donors (Lipinski definition) is 1. The van der Waals surface area contributed by atoms with Gasteiger partial charge in [0, 0.05) is 17.0 Å². The van der Waals surface area contributed by atoms with E-state index in [1.165, 1.54) is 42.7 Å². The summed E-state index contributed by atoms with van der Waals surface area (Å²) in [5.41, 5.74) is -0.179. The lowest BCUT2D eigenvalue weighted by Gasteiger charge is -2.09. The van der Waals surface area contributed by atoms with Gasteiger partial charge in [-0.2, -0.15) is 5.26 Å². The van der Waals surface area contributed by atoms with Crippen molar-refractivity contribution in [2.75, 3.05) is 12.4 Å². The van der Waals surface area contributed by atoms with E-state index >= 15 is 0 Å². The molecule has 0 bridgehead atoms. The normalized spacial score (nSPS) is 10.7. The van der Waals surface area contributed by atoms with Crippen molar-refractivity contribution < 1.29 is 14.5 Å². The number of nitriles is 1. The van der Waals surface area contributed by atoms with Crippen LogP contribution in [0.15, 0.2) is 41.3 Å². The molecule has 116 valence electrons. The zero-order valence-electron chi connectivity index (χ0n) is 12.0. The Morgan fingerprint density at radius 1 is 1.48 bits per heavy atom. The van der Waals surface area contributed by atoms with Crippen LogP contribution < -0.4 is 10.1 Å². The molecule has 7 nitrogen and oxygen atoms in total. The molecular weight excluding hydrogens is 318 g/mol. The minimum atomic E-state index is -0.667. The molecule has 1 N–H and O–H groups in total. The molecule has 2 aromatic rings. The molecule has 0 aliphatic carbocycles. The van der Waals surface area contributed by atoms with Crippen LogP contribution in [0.25, 0.3) is 6.08 Å². The Kier molecular flexibility index (Phi) is 5.07. The summed E-state index contributed by atoms with van der Waals surface area (Å²) in [7, 11) is 1.38. The second-order valence-corrected chi connectivity index (χ2v) is 5.26. The number of rotatable bonds is 5. The van der Waals surface area contributed by atoms with Crippen molar-refractivity contribution in [3.05, 3.63) is 56.3 Å². The first-order valence-electron chi connectivity index (χ1n) is 6.34. The second kappa shape index (κ2) is 7.20. The number of nitrogens with zero attached hydrogens (tertiary/aromatic N) is 2. The summed E-state index contributed by atoms with van der Waals surface area (Å²) in [4.78, 5) is 23.2. The fourth-order valence-electron chi connectivity index (χ4n) is 1.76. The van der Waals surface area contributed by atoms with E-state index in [0.29, 0.717) is 0 Å². The molecule has 0 fully saturated rings. The molecule has 0 unspecified atom stereocenters. The van der Waals surface area contributed by atoms with E-state index in [9.17, 15) is 14.9 Å². The van der Waals surface area contributed by atoms with E-state index in [4.69, 9.17) is 10.00 Å². The van der Waals surface area contributed by atoms with Crippen LogP contribution in [-0.2, 0) is 4.79 Å². The van der Waals surface area contributed by atoms with Crippen LogP contribution in [0.3, 0.4) is 0 Å². The largest absolute Gasteiger partial charge is 0.495 e. The van der Waals surface area contributed by atoms with Gasteiger partial charge >= 0.3 is 0 Å². The first kappa shape index (κ1) is 16.2. The zero-order valence-corrected chi connectivity index (χ0v) is 12.8. The molecule has 0 radical (unpaired) electrons. The Morgan fingerprint density at radius 3 is 2.83 bits per heavy atom. The Hall–Kier alpha value is -3.18. The van der Waals surface area contributed by atoms with Crippen molar-refractivity contribution in [1.82, 2.24) is 0 Å². The number of anilines is 1. The third-order valence-corrected chi connectivity index (χ3v) is 3.66. The molecule has 1 aromatic heterocycles. The number of non-ortho nitro benzene ring substituents is 1. The third-order valence-electron chi connectivity index (χ3n) is 2.84. The van der Waals surface area contributed by atoms with Crippen molar-refractivity contribution >= 4 is 34.7 Å². The van der Waals surface area contributed by atoms with Gasteiger partial charge in [0.25, 0.3) is 11.6 Å². The van der Waals surface area contributed by atoms with E-state index in [-0.39, 0.29) is 22.7 Å². The van der Waals surface area contributed by atoms with Crippen LogP contribution >= 0.6 is 11.3 Å². The summed E-state index contributed by atoms with van der Waals surface area (Å²) in [5, 5.41) is 24.2. The van der Waals surface area contributed by atoms with Crippen LogP contribution in [0.1, 0.15) is 4.88 Å². The number of amides is 1.